The van der Waals surface area contributed by atoms with Crippen LogP contribution in [-0.4, -0.2) is 50.0 Å². The summed E-state index contributed by atoms with van der Waals surface area (Å²) in [5.41, 5.74) is 7.42. The molecule has 2 aliphatic heterocycles. The summed E-state index contributed by atoms with van der Waals surface area (Å²) in [5, 5.41) is 0. The summed E-state index contributed by atoms with van der Waals surface area (Å²) in [6.45, 7) is 3.27. The lowest BCUT2D eigenvalue weighted by molar-refractivity contribution is -0.119. The number of halogens is 1. The van der Waals surface area contributed by atoms with Gasteiger partial charge in [0.25, 0.3) is 0 Å². The second kappa shape index (κ2) is 8.10. The van der Waals surface area contributed by atoms with Gasteiger partial charge in [0.1, 0.15) is 23.5 Å². The fraction of sp³-hybridized carbons (Fsp3) is 0.364. The molecule has 0 bridgehead atoms. The third-order valence-electron chi connectivity index (χ3n) is 6.11. The minimum absolute atomic E-state index is 0.0999. The van der Waals surface area contributed by atoms with Crippen LogP contribution in [0.3, 0.4) is 0 Å². The molecule has 32 heavy (non-hydrogen) atoms. The number of rotatable bonds is 4. The molecule has 0 aromatic carbocycles. The number of nitrogens with two attached hydrogens (primary N) is 1. The molecule has 5 heterocycles. The minimum atomic E-state index is -0.455. The number of hydrogen-bond donors (Lipinski definition) is 1. The Morgan fingerprint density at radius 3 is 2.56 bits per heavy atom. The maximum Gasteiger partial charge on any atom is 0.240 e. The first-order valence-corrected chi connectivity index (χ1v) is 10.6. The minimum Gasteiger partial charge on any atom is -0.368 e. The van der Waals surface area contributed by atoms with E-state index < -0.39 is 17.8 Å². The van der Waals surface area contributed by atoms with Gasteiger partial charge in [-0.3, -0.25) is 4.79 Å². The van der Waals surface area contributed by atoms with Gasteiger partial charge in [-0.05, 0) is 25.8 Å². The van der Waals surface area contributed by atoms with Gasteiger partial charge in [-0.25, -0.2) is 29.3 Å². The van der Waals surface area contributed by atoms with Crippen molar-refractivity contribution in [2.24, 2.45) is 5.73 Å². The van der Waals surface area contributed by atoms with Crippen LogP contribution in [-0.2, 0) is 11.2 Å². The smallest absolute Gasteiger partial charge is 0.240 e. The van der Waals surface area contributed by atoms with Gasteiger partial charge in [0.2, 0.25) is 5.91 Å². The number of primary amides is 1. The molecule has 0 saturated carbocycles. The van der Waals surface area contributed by atoms with Crippen LogP contribution in [0.5, 0.6) is 0 Å². The van der Waals surface area contributed by atoms with Gasteiger partial charge in [0.05, 0.1) is 11.7 Å². The monoisotopic (exact) mass is 434 g/mol. The van der Waals surface area contributed by atoms with E-state index >= 15 is 0 Å². The maximum atomic E-state index is 14.6. The van der Waals surface area contributed by atoms with Crippen LogP contribution in [0.2, 0.25) is 0 Å². The molecule has 0 aliphatic carbocycles. The number of hydrogen-bond acceptors (Lipinski definition) is 8. The molecule has 10 heteroatoms. The third kappa shape index (κ3) is 3.61. The Kier molecular flexibility index (Phi) is 5.12. The number of aromatic nitrogens is 5. The number of anilines is 2. The van der Waals surface area contributed by atoms with Crippen molar-refractivity contribution in [2.75, 3.05) is 22.9 Å². The van der Waals surface area contributed by atoms with Crippen LogP contribution >= 0.6 is 0 Å². The molecule has 2 aliphatic rings. The highest BCUT2D eigenvalue weighted by molar-refractivity contribution is 5.84. The zero-order valence-corrected chi connectivity index (χ0v) is 17.6. The van der Waals surface area contributed by atoms with Crippen molar-refractivity contribution in [1.29, 1.82) is 0 Å². The van der Waals surface area contributed by atoms with Crippen molar-refractivity contribution in [3.8, 4) is 11.6 Å². The topological polar surface area (TPSA) is 114 Å². The Bertz CT molecular complexity index is 1160. The van der Waals surface area contributed by atoms with Crippen molar-refractivity contribution < 1.29 is 9.18 Å². The van der Waals surface area contributed by atoms with Crippen LogP contribution in [0, 0.1) is 5.82 Å². The number of amides is 1. The predicted molar refractivity (Wildman–Crippen MR) is 116 cm³/mol. The molecular weight excluding hydrogens is 411 g/mol. The van der Waals surface area contributed by atoms with Gasteiger partial charge < -0.3 is 15.5 Å². The first-order chi connectivity index (χ1) is 15.5. The molecule has 3 aromatic rings. The Morgan fingerprint density at radius 1 is 1.06 bits per heavy atom. The summed E-state index contributed by atoms with van der Waals surface area (Å²) in [6, 6.07) is 3.98. The molecule has 0 radical (unpaired) electrons. The number of fused-ring (bicyclic) bond motifs is 1. The Labute approximate surface area is 184 Å². The molecule has 164 valence electrons. The van der Waals surface area contributed by atoms with E-state index in [2.05, 4.69) is 19.9 Å². The second-order valence-electron chi connectivity index (χ2n) is 8.04. The summed E-state index contributed by atoms with van der Waals surface area (Å²) in [5.74, 6) is 1.12. The van der Waals surface area contributed by atoms with E-state index in [4.69, 9.17) is 10.7 Å². The first-order valence-electron chi connectivity index (χ1n) is 10.6. The van der Waals surface area contributed by atoms with E-state index in [0.717, 1.165) is 17.7 Å². The molecule has 3 aromatic heterocycles. The summed E-state index contributed by atoms with van der Waals surface area (Å²) in [7, 11) is 0. The summed E-state index contributed by atoms with van der Waals surface area (Å²) in [6.07, 6.45) is 7.23. The number of pyridine rings is 1. The summed E-state index contributed by atoms with van der Waals surface area (Å²) in [4.78, 5) is 37.9. The van der Waals surface area contributed by atoms with E-state index in [1.165, 1.54) is 12.1 Å². The van der Waals surface area contributed by atoms with Crippen LogP contribution in [0.1, 0.15) is 37.1 Å². The molecule has 2 atom stereocenters. The zero-order valence-electron chi connectivity index (χ0n) is 17.6. The largest absolute Gasteiger partial charge is 0.368 e. The zero-order chi connectivity index (χ0) is 22.2. The van der Waals surface area contributed by atoms with E-state index in [1.807, 2.05) is 11.8 Å². The Morgan fingerprint density at radius 2 is 1.81 bits per heavy atom. The number of carbonyl (C=O) groups is 1. The molecule has 1 fully saturated rings. The molecular formula is C22H23FN8O. The maximum absolute atomic E-state index is 14.6. The molecule has 0 spiro atoms. The van der Waals surface area contributed by atoms with Gasteiger partial charge >= 0.3 is 0 Å². The number of carbonyl (C=O) groups excluding carboxylic acids is 1. The van der Waals surface area contributed by atoms with E-state index in [1.54, 1.807) is 29.6 Å². The summed E-state index contributed by atoms with van der Waals surface area (Å²) >= 11 is 0. The van der Waals surface area contributed by atoms with Crippen LogP contribution in [0.4, 0.5) is 16.0 Å². The third-order valence-corrected chi connectivity index (χ3v) is 6.11. The highest BCUT2D eigenvalue weighted by Crippen LogP contribution is 2.34. The molecule has 1 saturated heterocycles. The van der Waals surface area contributed by atoms with Gasteiger partial charge in [-0.1, -0.05) is 0 Å². The molecule has 9 nitrogen and oxygen atoms in total. The fourth-order valence-corrected chi connectivity index (χ4v) is 4.50. The quantitative estimate of drug-likeness (QED) is 0.664. The Balaban J connectivity index is 1.45. The van der Waals surface area contributed by atoms with Crippen LogP contribution in [0.25, 0.3) is 11.6 Å². The average Bonchev–Trinajstić information content (AvgIpc) is 3.30. The van der Waals surface area contributed by atoms with Gasteiger partial charge in [0, 0.05) is 55.8 Å². The molecule has 1 unspecified atom stereocenters. The van der Waals surface area contributed by atoms with Crippen LogP contribution in [0.15, 0.2) is 36.8 Å². The Hall–Kier alpha value is -3.69. The first kappa shape index (κ1) is 20.2. The lowest BCUT2D eigenvalue weighted by Crippen LogP contribution is -2.41. The summed E-state index contributed by atoms with van der Waals surface area (Å²) < 4.78 is 14.6. The van der Waals surface area contributed by atoms with E-state index in [-0.39, 0.29) is 6.04 Å². The lowest BCUT2D eigenvalue weighted by Gasteiger charge is -2.36. The van der Waals surface area contributed by atoms with Gasteiger partial charge in [0.15, 0.2) is 11.6 Å². The second-order valence-corrected chi connectivity index (χ2v) is 8.04. The predicted octanol–water partition coefficient (Wildman–Crippen LogP) is 2.05. The van der Waals surface area contributed by atoms with E-state index in [0.29, 0.717) is 49.2 Å². The lowest BCUT2D eigenvalue weighted by atomic mass is 9.99. The van der Waals surface area contributed by atoms with Crippen molar-refractivity contribution in [3.63, 3.8) is 0 Å². The van der Waals surface area contributed by atoms with Crippen molar-refractivity contribution in [1.82, 2.24) is 24.9 Å². The SMILES string of the molecule is CC1c2cnc(-c3ncccn3)nc2CCN1c1cc(F)cc(N2CCC[C@@H]2C(N)=O)n1. The van der Waals surface area contributed by atoms with Crippen molar-refractivity contribution in [3.05, 3.63) is 53.9 Å². The fourth-order valence-electron chi connectivity index (χ4n) is 4.50. The standard InChI is InChI=1S/C22H23FN8O/c1-13-15-12-27-22(21-25-6-3-7-26-21)28-16(15)5-9-30(13)18-10-14(23)11-19(29-18)31-8-2-4-17(31)20(24)32/h3,6-7,10-13,17H,2,4-5,8-9H2,1H3,(H2,24,32)/t13?,17-/m1/s1. The van der Waals surface area contributed by atoms with E-state index in [9.17, 15) is 9.18 Å². The van der Waals surface area contributed by atoms with Crippen molar-refractivity contribution >= 4 is 17.5 Å². The highest BCUT2D eigenvalue weighted by atomic mass is 19.1. The van der Waals surface area contributed by atoms with Gasteiger partial charge in [-0.15, -0.1) is 0 Å². The normalized spacial score (nSPS) is 20.3. The average molecular weight is 434 g/mol. The van der Waals surface area contributed by atoms with Crippen LogP contribution < -0.4 is 15.5 Å². The number of nitrogens with zero attached hydrogens (tertiary/aromatic N) is 7. The molecule has 2 N–H and O–H groups in total. The molecule has 1 amide bonds. The molecule has 5 rings (SSSR count). The van der Waals surface area contributed by atoms with Gasteiger partial charge in [-0.2, -0.15) is 0 Å². The highest BCUT2D eigenvalue weighted by Gasteiger charge is 2.32. The van der Waals surface area contributed by atoms with Crippen molar-refractivity contribution in [2.45, 2.75) is 38.3 Å².